The predicted molar refractivity (Wildman–Crippen MR) is 81.9 cm³/mol. The molecule has 2 unspecified atom stereocenters. The van der Waals surface area contributed by atoms with Crippen LogP contribution in [0.1, 0.15) is 55.6 Å². The number of aryl methyl sites for hydroxylation is 1. The van der Waals surface area contributed by atoms with Crippen LogP contribution in [-0.2, 0) is 17.5 Å². The Hall–Kier alpha value is -0.970. The minimum atomic E-state index is -0.256. The average molecular weight is 296 g/mol. The first-order valence-corrected chi connectivity index (χ1v) is 8.46. The molecule has 1 aromatic rings. The number of thioether (sulfide) groups is 1. The summed E-state index contributed by atoms with van der Waals surface area (Å²) in [4.78, 5) is 11.9. The van der Waals surface area contributed by atoms with Crippen molar-refractivity contribution in [1.82, 2.24) is 9.78 Å². The number of carbonyl (C=O) groups excluding carboxylic acids is 1. The average Bonchev–Trinajstić information content (AvgIpc) is 2.78. The molecule has 0 radical (unpaired) electrons. The summed E-state index contributed by atoms with van der Waals surface area (Å²) in [5.41, 5.74) is 1.59. The van der Waals surface area contributed by atoms with Crippen LogP contribution in [0.5, 0.6) is 0 Å². The van der Waals surface area contributed by atoms with Crippen LogP contribution in [0.25, 0.3) is 0 Å². The van der Waals surface area contributed by atoms with E-state index in [1.165, 1.54) is 25.7 Å². The quantitative estimate of drug-likeness (QED) is 0.781. The molecule has 2 atom stereocenters. The molecule has 0 N–H and O–H groups in total. The molecule has 0 amide bonds. The molecule has 1 saturated carbocycles. The zero-order valence-electron chi connectivity index (χ0n) is 12.6. The van der Waals surface area contributed by atoms with Gasteiger partial charge in [-0.15, -0.1) is 0 Å². The highest BCUT2D eigenvalue weighted by atomic mass is 32.2. The Morgan fingerprint density at radius 3 is 3.05 bits per heavy atom. The topological polar surface area (TPSA) is 44.1 Å². The number of nitrogens with zero attached hydrogens (tertiary/aromatic N) is 2. The second kappa shape index (κ2) is 7.16. The van der Waals surface area contributed by atoms with Crippen molar-refractivity contribution in [3.05, 3.63) is 17.5 Å². The van der Waals surface area contributed by atoms with E-state index in [4.69, 9.17) is 4.74 Å². The summed E-state index contributed by atoms with van der Waals surface area (Å²) >= 11 is 1.95. The van der Waals surface area contributed by atoms with Gasteiger partial charge in [0, 0.05) is 18.1 Å². The van der Waals surface area contributed by atoms with Gasteiger partial charge in [0.1, 0.15) is 5.56 Å². The molecular weight excluding hydrogens is 272 g/mol. The van der Waals surface area contributed by atoms with Gasteiger partial charge >= 0.3 is 5.97 Å². The molecule has 0 bridgehead atoms. The van der Waals surface area contributed by atoms with Gasteiger partial charge in [0.05, 0.1) is 18.5 Å². The fourth-order valence-electron chi connectivity index (χ4n) is 2.74. The summed E-state index contributed by atoms with van der Waals surface area (Å²) in [5.74, 6) is 1.41. The van der Waals surface area contributed by atoms with E-state index >= 15 is 0 Å². The van der Waals surface area contributed by atoms with Crippen molar-refractivity contribution in [3.63, 3.8) is 0 Å². The van der Waals surface area contributed by atoms with Crippen molar-refractivity contribution in [2.24, 2.45) is 13.0 Å². The third-order valence-corrected chi connectivity index (χ3v) is 5.24. The van der Waals surface area contributed by atoms with Gasteiger partial charge in [0.15, 0.2) is 0 Å². The maximum Gasteiger partial charge on any atom is 0.341 e. The Bertz CT molecular complexity index is 459. The van der Waals surface area contributed by atoms with E-state index in [0.717, 1.165) is 17.4 Å². The van der Waals surface area contributed by atoms with Crippen molar-refractivity contribution in [1.29, 1.82) is 0 Å². The molecule has 0 spiro atoms. The van der Waals surface area contributed by atoms with Crippen LogP contribution in [-0.4, -0.2) is 27.6 Å². The summed E-state index contributed by atoms with van der Waals surface area (Å²) in [5, 5.41) is 4.91. The van der Waals surface area contributed by atoms with Gasteiger partial charge < -0.3 is 4.74 Å². The number of hydrogen-bond donors (Lipinski definition) is 0. The van der Waals surface area contributed by atoms with E-state index in [2.05, 4.69) is 12.0 Å². The van der Waals surface area contributed by atoms with Crippen LogP contribution in [0, 0.1) is 5.92 Å². The summed E-state index contributed by atoms with van der Waals surface area (Å²) in [6.45, 7) is 4.56. The fraction of sp³-hybridized carbons (Fsp3) is 0.733. The lowest BCUT2D eigenvalue weighted by atomic mass is 9.91. The maximum absolute atomic E-state index is 11.9. The molecule has 20 heavy (non-hydrogen) atoms. The summed E-state index contributed by atoms with van der Waals surface area (Å²) in [6, 6.07) is 0. The summed E-state index contributed by atoms with van der Waals surface area (Å²) in [6.07, 6.45) is 6.89. The van der Waals surface area contributed by atoms with Crippen LogP contribution in [0.2, 0.25) is 0 Å². The van der Waals surface area contributed by atoms with Gasteiger partial charge in [-0.05, 0) is 25.7 Å². The molecule has 1 heterocycles. The highest BCUT2D eigenvalue weighted by Crippen LogP contribution is 2.34. The second-order valence-corrected chi connectivity index (χ2v) is 6.84. The van der Waals surface area contributed by atoms with Gasteiger partial charge in [0.2, 0.25) is 0 Å². The van der Waals surface area contributed by atoms with E-state index in [0.29, 0.717) is 17.4 Å². The van der Waals surface area contributed by atoms with Crippen LogP contribution in [0.15, 0.2) is 6.20 Å². The Balaban J connectivity index is 1.98. The number of esters is 1. The SMILES string of the molecule is CCOC(=O)c1cnn(C)c1CSC1CCCC(C)C1. The second-order valence-electron chi connectivity index (χ2n) is 5.55. The van der Waals surface area contributed by atoms with E-state index < -0.39 is 0 Å². The molecular formula is C15H24N2O2S. The van der Waals surface area contributed by atoms with E-state index in [1.807, 2.05) is 25.7 Å². The Kier molecular flexibility index (Phi) is 5.52. The van der Waals surface area contributed by atoms with Crippen LogP contribution in [0.4, 0.5) is 0 Å². The smallest absolute Gasteiger partial charge is 0.341 e. The van der Waals surface area contributed by atoms with Crippen molar-refractivity contribution in [3.8, 4) is 0 Å². The number of hydrogen-bond acceptors (Lipinski definition) is 4. The van der Waals surface area contributed by atoms with Gasteiger partial charge in [-0.1, -0.05) is 19.8 Å². The zero-order valence-corrected chi connectivity index (χ0v) is 13.4. The minimum absolute atomic E-state index is 0.256. The lowest BCUT2D eigenvalue weighted by Crippen LogP contribution is -2.16. The third kappa shape index (κ3) is 3.78. The molecule has 0 saturated heterocycles. The summed E-state index contributed by atoms with van der Waals surface area (Å²) < 4.78 is 6.89. The van der Waals surface area contributed by atoms with Crippen molar-refractivity contribution >= 4 is 17.7 Å². The third-order valence-electron chi connectivity index (χ3n) is 3.90. The molecule has 112 valence electrons. The molecule has 5 heteroatoms. The molecule has 1 fully saturated rings. The molecule has 1 aliphatic rings. The van der Waals surface area contributed by atoms with E-state index in [1.54, 1.807) is 10.9 Å². The normalized spacial score (nSPS) is 22.8. The summed E-state index contributed by atoms with van der Waals surface area (Å²) in [7, 11) is 1.89. The van der Waals surface area contributed by atoms with Crippen molar-refractivity contribution in [2.45, 2.75) is 50.5 Å². The van der Waals surface area contributed by atoms with Gasteiger partial charge in [-0.2, -0.15) is 16.9 Å². The van der Waals surface area contributed by atoms with Crippen LogP contribution < -0.4 is 0 Å². The Labute approximate surface area is 125 Å². The molecule has 1 aromatic heterocycles. The maximum atomic E-state index is 11.9. The van der Waals surface area contributed by atoms with Crippen molar-refractivity contribution < 1.29 is 9.53 Å². The number of ether oxygens (including phenoxy) is 1. The van der Waals surface area contributed by atoms with Crippen LogP contribution in [0.3, 0.4) is 0 Å². The Morgan fingerprint density at radius 1 is 1.55 bits per heavy atom. The minimum Gasteiger partial charge on any atom is -0.462 e. The molecule has 0 aliphatic heterocycles. The Morgan fingerprint density at radius 2 is 2.35 bits per heavy atom. The van der Waals surface area contributed by atoms with E-state index in [-0.39, 0.29) is 5.97 Å². The highest BCUT2D eigenvalue weighted by Gasteiger charge is 2.22. The molecule has 4 nitrogen and oxygen atoms in total. The molecule has 0 aromatic carbocycles. The predicted octanol–water partition coefficient (Wildman–Crippen LogP) is 3.41. The number of aromatic nitrogens is 2. The highest BCUT2D eigenvalue weighted by molar-refractivity contribution is 7.99. The molecule has 2 rings (SSSR count). The first-order valence-electron chi connectivity index (χ1n) is 7.41. The lowest BCUT2D eigenvalue weighted by molar-refractivity contribution is 0.0525. The number of carbonyl (C=O) groups is 1. The van der Waals surface area contributed by atoms with E-state index in [9.17, 15) is 4.79 Å². The standard InChI is InChI=1S/C15H24N2O2S/c1-4-19-15(18)13-9-16-17(3)14(13)10-20-12-7-5-6-11(2)8-12/h9,11-12H,4-8,10H2,1-3H3. The first-order chi connectivity index (χ1) is 9.61. The first kappa shape index (κ1) is 15.4. The van der Waals surface area contributed by atoms with Gasteiger partial charge in [-0.25, -0.2) is 4.79 Å². The monoisotopic (exact) mass is 296 g/mol. The fourth-order valence-corrected chi connectivity index (χ4v) is 4.27. The van der Waals surface area contributed by atoms with Gasteiger partial charge in [0.25, 0.3) is 0 Å². The molecule has 1 aliphatic carbocycles. The van der Waals surface area contributed by atoms with Crippen molar-refractivity contribution in [2.75, 3.05) is 6.61 Å². The van der Waals surface area contributed by atoms with Gasteiger partial charge in [-0.3, -0.25) is 4.68 Å². The number of rotatable bonds is 5. The van der Waals surface area contributed by atoms with Crippen LogP contribution >= 0.6 is 11.8 Å². The lowest BCUT2D eigenvalue weighted by Gasteiger charge is -2.26. The zero-order chi connectivity index (χ0) is 14.5. The largest absolute Gasteiger partial charge is 0.462 e.